The van der Waals surface area contributed by atoms with Crippen LogP contribution in [-0.4, -0.2) is 6.61 Å². The lowest BCUT2D eigenvalue weighted by Gasteiger charge is -2.12. The zero-order chi connectivity index (χ0) is 17.6. The topological polar surface area (TPSA) is 39.7 Å². The number of fused-ring (bicyclic) bond motifs is 1. The van der Waals surface area contributed by atoms with Gasteiger partial charge in [-0.1, -0.05) is 60.7 Å². The fourth-order valence-corrected chi connectivity index (χ4v) is 2.92. The summed E-state index contributed by atoms with van der Waals surface area (Å²) in [6.07, 6.45) is 0. The van der Waals surface area contributed by atoms with Gasteiger partial charge in [-0.05, 0) is 23.3 Å². The molecule has 1 unspecified atom stereocenters. The van der Waals surface area contributed by atoms with E-state index in [-0.39, 0.29) is 6.04 Å². The summed E-state index contributed by atoms with van der Waals surface area (Å²) in [5.41, 5.74) is 6.46. The summed E-state index contributed by atoms with van der Waals surface area (Å²) >= 11 is 0. The first-order chi connectivity index (χ1) is 12.9. The van der Waals surface area contributed by atoms with E-state index in [9.17, 15) is 0 Å². The Bertz CT molecular complexity index is 837. The first-order valence-corrected chi connectivity index (χ1v) is 8.73. The van der Waals surface area contributed by atoms with E-state index >= 15 is 0 Å². The summed E-state index contributed by atoms with van der Waals surface area (Å²) in [6, 6.07) is 26.2. The molecule has 1 heterocycles. The number of hydrogen-bond acceptors (Lipinski definition) is 4. The van der Waals surface area contributed by atoms with Crippen LogP contribution in [0, 0.1) is 0 Å². The Morgan fingerprint density at radius 1 is 0.846 bits per heavy atom. The molecule has 0 saturated heterocycles. The van der Waals surface area contributed by atoms with Gasteiger partial charge in [0.05, 0.1) is 12.6 Å². The van der Waals surface area contributed by atoms with Crippen molar-refractivity contribution in [3.05, 3.63) is 95.6 Å². The number of benzene rings is 3. The molecule has 1 atom stereocenters. The quantitative estimate of drug-likeness (QED) is 0.642. The predicted octanol–water partition coefficient (Wildman–Crippen LogP) is 4.42. The minimum absolute atomic E-state index is 0.0249. The highest BCUT2D eigenvalue weighted by atomic mass is 16.6. The summed E-state index contributed by atoms with van der Waals surface area (Å²) in [5.74, 6) is 1.65. The number of nitrogens with one attached hydrogen (secondary N) is 1. The smallest absolute Gasteiger partial charge is 0.128 e. The standard InChI is InChI=1S/C22H21NO3/c1-3-7-17(8-4-1)14-24-19-11-12-20-21(16-25-22(20)13-19)23-26-15-18-9-5-2-6-10-18/h1-13,21,23H,14-16H2. The van der Waals surface area contributed by atoms with Crippen LogP contribution < -0.4 is 15.0 Å². The second kappa shape index (κ2) is 8.04. The average Bonchev–Trinajstić information content (AvgIpc) is 3.10. The van der Waals surface area contributed by atoms with E-state index in [0.29, 0.717) is 19.8 Å². The van der Waals surface area contributed by atoms with Crippen molar-refractivity contribution in [3.8, 4) is 11.5 Å². The van der Waals surface area contributed by atoms with Gasteiger partial charge in [0.1, 0.15) is 24.7 Å². The normalized spacial score (nSPS) is 15.3. The van der Waals surface area contributed by atoms with Gasteiger partial charge >= 0.3 is 0 Å². The van der Waals surface area contributed by atoms with Crippen LogP contribution in [0.25, 0.3) is 0 Å². The first-order valence-electron chi connectivity index (χ1n) is 8.73. The maximum absolute atomic E-state index is 5.86. The summed E-state index contributed by atoms with van der Waals surface area (Å²) in [4.78, 5) is 5.63. The lowest BCUT2D eigenvalue weighted by molar-refractivity contribution is -0.00105. The van der Waals surface area contributed by atoms with Gasteiger partial charge in [0.2, 0.25) is 0 Å². The molecule has 3 aromatic carbocycles. The van der Waals surface area contributed by atoms with E-state index in [0.717, 1.165) is 28.2 Å². The van der Waals surface area contributed by atoms with E-state index in [4.69, 9.17) is 14.3 Å². The Hall–Kier alpha value is -2.82. The molecular formula is C22H21NO3. The molecule has 4 nitrogen and oxygen atoms in total. The number of rotatable bonds is 7. The molecule has 1 aliphatic heterocycles. The monoisotopic (exact) mass is 347 g/mol. The molecule has 132 valence electrons. The summed E-state index contributed by atoms with van der Waals surface area (Å²) in [5, 5.41) is 0. The highest BCUT2D eigenvalue weighted by Crippen LogP contribution is 2.35. The Balaban J connectivity index is 1.32. The molecule has 0 aliphatic carbocycles. The molecule has 3 aromatic rings. The van der Waals surface area contributed by atoms with Crippen LogP contribution in [0.4, 0.5) is 0 Å². The molecule has 1 N–H and O–H groups in total. The van der Waals surface area contributed by atoms with Crippen LogP contribution >= 0.6 is 0 Å². The molecule has 0 spiro atoms. The van der Waals surface area contributed by atoms with Crippen molar-refractivity contribution in [3.63, 3.8) is 0 Å². The summed E-state index contributed by atoms with van der Waals surface area (Å²) in [7, 11) is 0. The molecule has 0 radical (unpaired) electrons. The largest absolute Gasteiger partial charge is 0.491 e. The molecule has 0 amide bonds. The SMILES string of the molecule is c1ccc(CONC2COc3cc(OCc4ccccc4)ccc32)cc1. The van der Waals surface area contributed by atoms with Gasteiger partial charge in [-0.25, -0.2) is 0 Å². The molecule has 4 rings (SSSR count). The zero-order valence-corrected chi connectivity index (χ0v) is 14.4. The number of ether oxygens (including phenoxy) is 2. The minimum atomic E-state index is 0.0249. The van der Waals surface area contributed by atoms with Crippen LogP contribution in [0.3, 0.4) is 0 Å². The van der Waals surface area contributed by atoms with Gasteiger partial charge in [0.15, 0.2) is 0 Å². The molecule has 0 aromatic heterocycles. The maximum atomic E-state index is 5.86. The Morgan fingerprint density at radius 2 is 1.54 bits per heavy atom. The first kappa shape index (κ1) is 16.6. The van der Waals surface area contributed by atoms with Crippen molar-refractivity contribution in [2.75, 3.05) is 6.61 Å². The Kier molecular flexibility index (Phi) is 5.14. The third kappa shape index (κ3) is 4.04. The summed E-state index contributed by atoms with van der Waals surface area (Å²) < 4.78 is 11.6. The van der Waals surface area contributed by atoms with Crippen molar-refractivity contribution in [2.45, 2.75) is 19.3 Å². The molecule has 0 bridgehead atoms. The van der Waals surface area contributed by atoms with Crippen molar-refractivity contribution in [2.24, 2.45) is 0 Å². The van der Waals surface area contributed by atoms with Crippen LogP contribution in [0.2, 0.25) is 0 Å². The van der Waals surface area contributed by atoms with Gasteiger partial charge in [0.25, 0.3) is 0 Å². The van der Waals surface area contributed by atoms with Crippen LogP contribution in [0.1, 0.15) is 22.7 Å². The Labute approximate surface area is 153 Å². The van der Waals surface area contributed by atoms with Gasteiger partial charge < -0.3 is 9.47 Å². The van der Waals surface area contributed by atoms with Crippen LogP contribution in [0.5, 0.6) is 11.5 Å². The predicted molar refractivity (Wildman–Crippen MR) is 99.8 cm³/mol. The lowest BCUT2D eigenvalue weighted by atomic mass is 10.1. The van der Waals surface area contributed by atoms with Gasteiger partial charge in [-0.15, -0.1) is 0 Å². The highest BCUT2D eigenvalue weighted by molar-refractivity contribution is 5.45. The molecular weight excluding hydrogens is 326 g/mol. The van der Waals surface area contributed by atoms with E-state index < -0.39 is 0 Å². The van der Waals surface area contributed by atoms with E-state index in [1.54, 1.807) is 0 Å². The molecule has 1 aliphatic rings. The van der Waals surface area contributed by atoms with E-state index in [1.165, 1.54) is 0 Å². The maximum Gasteiger partial charge on any atom is 0.128 e. The van der Waals surface area contributed by atoms with Gasteiger partial charge in [-0.2, -0.15) is 5.48 Å². The fourth-order valence-electron chi connectivity index (χ4n) is 2.92. The number of hydroxylamine groups is 1. The Morgan fingerprint density at radius 3 is 2.27 bits per heavy atom. The highest BCUT2D eigenvalue weighted by Gasteiger charge is 2.24. The van der Waals surface area contributed by atoms with Crippen LogP contribution in [0.15, 0.2) is 78.9 Å². The second-order valence-electron chi connectivity index (χ2n) is 6.23. The zero-order valence-electron chi connectivity index (χ0n) is 14.4. The summed E-state index contributed by atoms with van der Waals surface area (Å²) in [6.45, 7) is 1.61. The van der Waals surface area contributed by atoms with Crippen molar-refractivity contribution < 1.29 is 14.3 Å². The second-order valence-corrected chi connectivity index (χ2v) is 6.23. The number of hydrogen-bond donors (Lipinski definition) is 1. The molecule has 0 fully saturated rings. The van der Waals surface area contributed by atoms with Gasteiger partial charge in [0, 0.05) is 11.6 Å². The van der Waals surface area contributed by atoms with Crippen molar-refractivity contribution in [1.82, 2.24) is 5.48 Å². The molecule has 0 saturated carbocycles. The molecule has 4 heteroatoms. The van der Waals surface area contributed by atoms with E-state index in [2.05, 4.69) is 5.48 Å². The van der Waals surface area contributed by atoms with Crippen molar-refractivity contribution in [1.29, 1.82) is 0 Å². The average molecular weight is 347 g/mol. The lowest BCUT2D eigenvalue weighted by Crippen LogP contribution is -2.22. The van der Waals surface area contributed by atoms with Crippen LogP contribution in [-0.2, 0) is 18.1 Å². The van der Waals surface area contributed by atoms with Gasteiger partial charge in [-0.3, -0.25) is 4.84 Å². The third-order valence-electron chi connectivity index (χ3n) is 4.32. The van der Waals surface area contributed by atoms with Crippen molar-refractivity contribution >= 4 is 0 Å². The molecule has 26 heavy (non-hydrogen) atoms. The van der Waals surface area contributed by atoms with E-state index in [1.807, 2.05) is 78.9 Å². The third-order valence-corrected chi connectivity index (χ3v) is 4.32. The minimum Gasteiger partial charge on any atom is -0.491 e. The fraction of sp³-hybridized carbons (Fsp3) is 0.182.